The Morgan fingerprint density at radius 2 is 1.85 bits per heavy atom. The van der Waals surface area contributed by atoms with Gasteiger partial charge in [-0.3, -0.25) is 0 Å². The van der Waals surface area contributed by atoms with E-state index in [1.807, 2.05) is 0 Å². The van der Waals surface area contributed by atoms with Crippen molar-refractivity contribution >= 4 is 0 Å². The molecule has 1 nitrogen and oxygen atoms in total. The molecule has 4 aliphatic carbocycles. The second-order valence-electron chi connectivity index (χ2n) is 5.42. The van der Waals surface area contributed by atoms with E-state index in [0.717, 1.165) is 17.8 Å². The smallest absolute Gasteiger partial charge is 0.0696 e. The van der Waals surface area contributed by atoms with Gasteiger partial charge in [-0.1, -0.05) is 6.92 Å². The minimum absolute atomic E-state index is 0.0226. The average Bonchev–Trinajstić information content (AvgIpc) is 2.12. The van der Waals surface area contributed by atoms with Crippen molar-refractivity contribution in [3.8, 4) is 6.07 Å². The third-order valence-corrected chi connectivity index (χ3v) is 4.76. The van der Waals surface area contributed by atoms with Crippen LogP contribution < -0.4 is 0 Å². The monoisotopic (exact) mass is 174 g/mol. The number of hydrogen-bond donors (Lipinski definition) is 0. The summed E-state index contributed by atoms with van der Waals surface area (Å²) < 4.78 is 0. The average molecular weight is 174 g/mol. The highest BCUT2D eigenvalue weighted by Crippen LogP contribution is 2.63. The lowest BCUT2D eigenvalue weighted by Crippen LogP contribution is -2.49. The molecule has 0 saturated heterocycles. The third-order valence-electron chi connectivity index (χ3n) is 4.76. The second kappa shape index (κ2) is 2.29. The Labute approximate surface area is 80.1 Å². The van der Waals surface area contributed by atoms with Gasteiger partial charge >= 0.3 is 0 Å². The number of nitrogens with zero attached hydrogens (tertiary/aromatic N) is 1. The predicted octanol–water partition coefficient (Wildman–Crippen LogP) is 2.93. The van der Waals surface area contributed by atoms with E-state index in [2.05, 4.69) is 13.0 Å². The second-order valence-corrected chi connectivity index (χ2v) is 5.42. The van der Waals surface area contributed by atoms with Crippen LogP contribution >= 0.6 is 0 Å². The van der Waals surface area contributed by atoms with Crippen LogP contribution in [0, 0.1) is 40.4 Å². The fourth-order valence-electron chi connectivity index (χ4n) is 4.21. The fourth-order valence-corrected chi connectivity index (χ4v) is 4.21. The molecular formula is C12H16N. The van der Waals surface area contributed by atoms with Gasteiger partial charge in [-0.2, -0.15) is 5.26 Å². The normalized spacial score (nSPS) is 53.7. The molecule has 4 bridgehead atoms. The minimum atomic E-state index is 0.0226. The third kappa shape index (κ3) is 0.870. The zero-order chi connectivity index (χ0) is 9.05. The molecule has 1 radical (unpaired) electrons. The van der Waals surface area contributed by atoms with E-state index in [0.29, 0.717) is 0 Å². The number of nitriles is 1. The van der Waals surface area contributed by atoms with Crippen molar-refractivity contribution in [3.63, 3.8) is 0 Å². The van der Waals surface area contributed by atoms with Crippen molar-refractivity contribution in [2.75, 3.05) is 0 Å². The molecule has 2 unspecified atom stereocenters. The maximum atomic E-state index is 9.33. The highest BCUT2D eigenvalue weighted by Gasteiger charge is 2.55. The Morgan fingerprint density at radius 3 is 2.38 bits per heavy atom. The summed E-state index contributed by atoms with van der Waals surface area (Å²) in [5.41, 5.74) is 0.0226. The van der Waals surface area contributed by atoms with Crippen molar-refractivity contribution in [2.24, 2.45) is 23.2 Å². The van der Waals surface area contributed by atoms with Gasteiger partial charge < -0.3 is 0 Å². The first-order valence-electron chi connectivity index (χ1n) is 5.49. The van der Waals surface area contributed by atoms with Gasteiger partial charge in [0.05, 0.1) is 11.5 Å². The van der Waals surface area contributed by atoms with Gasteiger partial charge in [0.2, 0.25) is 0 Å². The summed E-state index contributed by atoms with van der Waals surface area (Å²) in [4.78, 5) is 0. The number of hydrogen-bond acceptors (Lipinski definition) is 1. The molecule has 4 rings (SSSR count). The van der Waals surface area contributed by atoms with Gasteiger partial charge in [0.1, 0.15) is 0 Å². The fraction of sp³-hybridized carbons (Fsp3) is 0.833. The minimum Gasteiger partial charge on any atom is -0.198 e. The van der Waals surface area contributed by atoms with Crippen LogP contribution in [-0.4, -0.2) is 0 Å². The molecule has 69 valence electrons. The van der Waals surface area contributed by atoms with Crippen LogP contribution in [0.15, 0.2) is 0 Å². The van der Waals surface area contributed by atoms with E-state index in [4.69, 9.17) is 0 Å². The Bertz CT molecular complexity index is 261. The van der Waals surface area contributed by atoms with Crippen LogP contribution in [0.25, 0.3) is 0 Å². The van der Waals surface area contributed by atoms with Gasteiger partial charge in [0.15, 0.2) is 0 Å². The molecular weight excluding hydrogens is 158 g/mol. The first kappa shape index (κ1) is 7.85. The van der Waals surface area contributed by atoms with E-state index in [9.17, 15) is 5.26 Å². The molecule has 0 amide bonds. The van der Waals surface area contributed by atoms with Gasteiger partial charge in [-0.15, -0.1) is 0 Å². The first-order valence-corrected chi connectivity index (χ1v) is 5.49. The largest absolute Gasteiger partial charge is 0.198 e. The predicted molar refractivity (Wildman–Crippen MR) is 50.5 cm³/mol. The maximum absolute atomic E-state index is 9.33. The lowest BCUT2D eigenvalue weighted by molar-refractivity contribution is 0.00640. The zero-order valence-corrected chi connectivity index (χ0v) is 8.21. The molecule has 1 heteroatoms. The van der Waals surface area contributed by atoms with Crippen molar-refractivity contribution in [1.29, 1.82) is 5.26 Å². The van der Waals surface area contributed by atoms with E-state index in [1.54, 1.807) is 0 Å². The molecule has 0 aromatic rings. The van der Waals surface area contributed by atoms with Crippen LogP contribution in [0.2, 0.25) is 0 Å². The molecule has 0 heterocycles. The van der Waals surface area contributed by atoms with E-state index >= 15 is 0 Å². The van der Waals surface area contributed by atoms with Gasteiger partial charge in [-0.05, 0) is 55.8 Å². The van der Waals surface area contributed by atoms with Crippen LogP contribution in [0.4, 0.5) is 0 Å². The summed E-state index contributed by atoms with van der Waals surface area (Å²) in [7, 11) is 0. The van der Waals surface area contributed by atoms with Crippen molar-refractivity contribution in [3.05, 3.63) is 5.92 Å². The maximum Gasteiger partial charge on any atom is 0.0696 e. The van der Waals surface area contributed by atoms with Gasteiger partial charge in [0.25, 0.3) is 0 Å². The SMILES string of the molecule is C[C]1C2CC3CC(C2)CC1(C#N)C3. The molecule has 0 N–H and O–H groups in total. The van der Waals surface area contributed by atoms with E-state index in [1.165, 1.54) is 38.0 Å². The van der Waals surface area contributed by atoms with Gasteiger partial charge in [0, 0.05) is 0 Å². The van der Waals surface area contributed by atoms with Gasteiger partial charge in [-0.25, -0.2) is 0 Å². The Hall–Kier alpha value is -0.510. The van der Waals surface area contributed by atoms with Crippen LogP contribution in [-0.2, 0) is 0 Å². The standard InChI is InChI=1S/C12H16N/c1-8-11-3-9-2-10(4-11)6-12(8,5-9)7-13/h9-11H,2-6H2,1H3. The molecule has 13 heavy (non-hydrogen) atoms. The summed E-state index contributed by atoms with van der Waals surface area (Å²) in [5, 5.41) is 9.33. The van der Waals surface area contributed by atoms with Crippen LogP contribution in [0.5, 0.6) is 0 Å². The highest BCUT2D eigenvalue weighted by molar-refractivity contribution is 5.26. The topological polar surface area (TPSA) is 23.8 Å². The summed E-state index contributed by atoms with van der Waals surface area (Å²) in [6.07, 6.45) is 6.58. The lowest BCUT2D eigenvalue weighted by atomic mass is 9.46. The molecule has 2 atom stereocenters. The molecule has 0 aromatic carbocycles. The first-order chi connectivity index (χ1) is 6.23. The quantitative estimate of drug-likeness (QED) is 0.554. The van der Waals surface area contributed by atoms with Crippen molar-refractivity contribution in [2.45, 2.75) is 39.0 Å². The molecule has 4 fully saturated rings. The van der Waals surface area contributed by atoms with Crippen LogP contribution in [0.3, 0.4) is 0 Å². The summed E-state index contributed by atoms with van der Waals surface area (Å²) in [6, 6.07) is 2.62. The Kier molecular flexibility index (Phi) is 1.38. The van der Waals surface area contributed by atoms with Crippen LogP contribution in [0.1, 0.15) is 39.0 Å². The van der Waals surface area contributed by atoms with E-state index < -0.39 is 0 Å². The van der Waals surface area contributed by atoms with E-state index in [-0.39, 0.29) is 5.41 Å². The van der Waals surface area contributed by atoms with Crippen molar-refractivity contribution in [1.82, 2.24) is 0 Å². The van der Waals surface area contributed by atoms with Crippen molar-refractivity contribution < 1.29 is 0 Å². The zero-order valence-electron chi connectivity index (χ0n) is 8.21. The molecule has 4 aliphatic rings. The molecule has 0 aromatic heterocycles. The molecule has 0 spiro atoms. The summed E-state index contributed by atoms with van der Waals surface area (Å²) in [5.74, 6) is 4.12. The summed E-state index contributed by atoms with van der Waals surface area (Å²) in [6.45, 7) is 2.24. The summed E-state index contributed by atoms with van der Waals surface area (Å²) >= 11 is 0. The lowest BCUT2D eigenvalue weighted by Gasteiger charge is -2.57. The molecule has 4 saturated carbocycles. The Morgan fingerprint density at radius 1 is 1.23 bits per heavy atom. The Balaban J connectivity index is 2.01. The number of rotatable bonds is 0. The highest BCUT2D eigenvalue weighted by atomic mass is 14.6. The molecule has 0 aliphatic heterocycles.